The maximum atomic E-state index is 4.94. The number of hydrogen-bond donors (Lipinski definition) is 0. The highest BCUT2D eigenvalue weighted by Gasteiger charge is 2.30. The van der Waals surface area contributed by atoms with Crippen LogP contribution in [0.25, 0.3) is 22.3 Å². The van der Waals surface area contributed by atoms with Crippen molar-refractivity contribution in [1.29, 1.82) is 0 Å². The van der Waals surface area contributed by atoms with Gasteiger partial charge in [-0.2, -0.15) is 0 Å². The van der Waals surface area contributed by atoms with Crippen molar-refractivity contribution in [2.45, 2.75) is 53.4 Å². The van der Waals surface area contributed by atoms with E-state index in [4.69, 9.17) is 9.98 Å². The monoisotopic (exact) mass is 392 g/mol. The van der Waals surface area contributed by atoms with Crippen LogP contribution in [0.3, 0.4) is 0 Å². The minimum Gasteiger partial charge on any atom is -0.261 e. The molecular weight excluding hydrogens is 364 g/mol. The lowest BCUT2D eigenvalue weighted by atomic mass is 9.92. The van der Waals surface area contributed by atoms with Gasteiger partial charge in [-0.15, -0.1) is 0 Å². The molecule has 0 spiro atoms. The number of allylic oxidation sites excluding steroid dienone is 4. The highest BCUT2D eigenvalue weighted by molar-refractivity contribution is 6.03. The second-order valence-electron chi connectivity index (χ2n) is 9.82. The van der Waals surface area contributed by atoms with E-state index >= 15 is 0 Å². The Hall–Kier alpha value is -2.74. The van der Waals surface area contributed by atoms with Crippen molar-refractivity contribution in [3.63, 3.8) is 0 Å². The lowest BCUT2D eigenvalue weighted by molar-refractivity contribution is 0.870. The molecule has 0 bridgehead atoms. The van der Waals surface area contributed by atoms with E-state index in [-0.39, 0.29) is 0 Å². The third kappa shape index (κ3) is 2.62. The van der Waals surface area contributed by atoms with E-state index in [1.807, 2.05) is 0 Å². The zero-order chi connectivity index (χ0) is 20.6. The van der Waals surface area contributed by atoms with Gasteiger partial charge < -0.3 is 0 Å². The predicted molar refractivity (Wildman–Crippen MR) is 127 cm³/mol. The number of nitrogens with zero attached hydrogens (tertiary/aromatic N) is 2. The molecule has 2 aliphatic carbocycles. The van der Waals surface area contributed by atoms with Crippen molar-refractivity contribution in [1.82, 2.24) is 0 Å². The van der Waals surface area contributed by atoms with Crippen LogP contribution >= 0.6 is 0 Å². The average Bonchev–Trinajstić information content (AvgIpc) is 3.44. The lowest BCUT2D eigenvalue weighted by Crippen LogP contribution is -2.05. The lowest BCUT2D eigenvalue weighted by Gasteiger charge is -2.12. The Balaban J connectivity index is 1.27. The topological polar surface area (TPSA) is 24.7 Å². The summed E-state index contributed by atoms with van der Waals surface area (Å²) >= 11 is 0. The first-order valence-corrected chi connectivity index (χ1v) is 11.3. The van der Waals surface area contributed by atoms with E-state index in [1.54, 1.807) is 0 Å². The van der Waals surface area contributed by atoms with E-state index in [9.17, 15) is 0 Å². The minimum absolute atomic E-state index is 0.543. The molecule has 0 aromatic heterocycles. The molecular formula is C28H28N2. The van der Waals surface area contributed by atoms with Gasteiger partial charge in [-0.3, -0.25) is 9.98 Å². The Morgan fingerprint density at radius 3 is 1.43 bits per heavy atom. The number of hydrogen-bond acceptors (Lipinski definition) is 2. The largest absolute Gasteiger partial charge is 0.261 e. The number of fused-ring (bicyclic) bond motifs is 4. The SMILES string of the molecule is CC(C)C1=NC2=C(C1)c1ccc(-c3ccc4c(c3)CC3=C4CC(C(C)C)=N3)cc1C2. The standard InChI is InChI=1S/C28H28N2/c1-15(2)25-13-23-21-7-5-17(9-19(21)11-27(23)29-25)18-6-8-22-20(10-18)12-28-24(22)14-26(30-28)16(3)4/h5-10,15-16H,11-14H2,1-4H3. The van der Waals surface area contributed by atoms with Gasteiger partial charge in [-0.05, 0) is 56.4 Å². The number of benzene rings is 2. The van der Waals surface area contributed by atoms with Gasteiger partial charge in [0.25, 0.3) is 0 Å². The molecule has 30 heavy (non-hydrogen) atoms. The Morgan fingerprint density at radius 2 is 1.03 bits per heavy atom. The Labute approximate surface area is 179 Å². The molecule has 2 aliphatic heterocycles. The van der Waals surface area contributed by atoms with Crippen molar-refractivity contribution < 1.29 is 0 Å². The molecule has 0 unspecified atom stereocenters. The van der Waals surface area contributed by atoms with Crippen molar-refractivity contribution in [2.24, 2.45) is 21.8 Å². The quantitative estimate of drug-likeness (QED) is 0.543. The van der Waals surface area contributed by atoms with Crippen LogP contribution in [0, 0.1) is 11.8 Å². The van der Waals surface area contributed by atoms with E-state index < -0.39 is 0 Å². The minimum atomic E-state index is 0.543. The fraction of sp³-hybridized carbons (Fsp3) is 0.357. The summed E-state index contributed by atoms with van der Waals surface area (Å²) in [4.78, 5) is 9.89. The van der Waals surface area contributed by atoms with Crippen molar-refractivity contribution in [3.05, 3.63) is 70.0 Å². The Kier molecular flexibility index (Phi) is 3.84. The van der Waals surface area contributed by atoms with Gasteiger partial charge >= 0.3 is 0 Å². The van der Waals surface area contributed by atoms with Crippen LogP contribution < -0.4 is 0 Å². The summed E-state index contributed by atoms with van der Waals surface area (Å²) in [6, 6.07) is 14.0. The van der Waals surface area contributed by atoms with Crippen LogP contribution in [0.2, 0.25) is 0 Å². The van der Waals surface area contributed by atoms with E-state index in [0.717, 1.165) is 25.7 Å². The molecule has 150 valence electrons. The first kappa shape index (κ1) is 18.1. The average molecular weight is 393 g/mol. The van der Waals surface area contributed by atoms with Crippen LogP contribution in [-0.4, -0.2) is 11.4 Å². The van der Waals surface area contributed by atoms with Gasteiger partial charge in [-0.25, -0.2) is 0 Å². The van der Waals surface area contributed by atoms with Crippen LogP contribution in [0.4, 0.5) is 0 Å². The van der Waals surface area contributed by atoms with Crippen LogP contribution in [0.15, 0.2) is 57.8 Å². The second-order valence-corrected chi connectivity index (χ2v) is 9.82. The normalized spacial score (nSPS) is 18.9. The molecule has 2 aromatic carbocycles. The first-order chi connectivity index (χ1) is 14.5. The third-order valence-electron chi connectivity index (χ3n) is 7.21. The molecule has 0 saturated carbocycles. The Morgan fingerprint density at radius 1 is 0.600 bits per heavy atom. The predicted octanol–water partition coefficient (Wildman–Crippen LogP) is 6.89. The van der Waals surface area contributed by atoms with Gasteiger partial charge in [0.05, 0.1) is 0 Å². The van der Waals surface area contributed by atoms with Crippen molar-refractivity contribution >= 4 is 22.6 Å². The highest BCUT2D eigenvalue weighted by atomic mass is 14.8. The van der Waals surface area contributed by atoms with E-state index in [0.29, 0.717) is 11.8 Å². The molecule has 2 nitrogen and oxygen atoms in total. The first-order valence-electron chi connectivity index (χ1n) is 11.3. The summed E-state index contributed by atoms with van der Waals surface area (Å²) in [7, 11) is 0. The summed E-state index contributed by atoms with van der Waals surface area (Å²) in [6.45, 7) is 8.99. The smallest absolute Gasteiger partial charge is 0.0489 e. The molecule has 0 N–H and O–H groups in total. The van der Waals surface area contributed by atoms with Crippen molar-refractivity contribution in [2.75, 3.05) is 0 Å². The fourth-order valence-corrected chi connectivity index (χ4v) is 5.38. The van der Waals surface area contributed by atoms with Crippen LogP contribution in [0.1, 0.15) is 62.8 Å². The maximum absolute atomic E-state index is 4.94. The second kappa shape index (κ2) is 6.38. The number of rotatable bonds is 3. The fourth-order valence-electron chi connectivity index (χ4n) is 5.38. The number of aliphatic imine (C=N–C) groups is 2. The van der Waals surface area contributed by atoms with Crippen molar-refractivity contribution in [3.8, 4) is 11.1 Å². The van der Waals surface area contributed by atoms with Crippen LogP contribution in [-0.2, 0) is 12.8 Å². The van der Waals surface area contributed by atoms with Gasteiger partial charge in [0.1, 0.15) is 0 Å². The molecule has 2 aromatic rings. The third-order valence-corrected chi connectivity index (χ3v) is 7.21. The van der Waals surface area contributed by atoms with Gasteiger partial charge in [0.15, 0.2) is 0 Å². The Bertz CT molecular complexity index is 1130. The molecule has 2 heterocycles. The molecule has 0 fully saturated rings. The van der Waals surface area contributed by atoms with Gasteiger partial charge in [0.2, 0.25) is 0 Å². The van der Waals surface area contributed by atoms with E-state index in [2.05, 4.69) is 64.1 Å². The molecule has 2 heteroatoms. The maximum Gasteiger partial charge on any atom is 0.0489 e. The summed E-state index contributed by atoms with van der Waals surface area (Å²) in [5, 5.41) is 0. The van der Waals surface area contributed by atoms with Crippen LogP contribution in [0.5, 0.6) is 0 Å². The molecule has 0 radical (unpaired) electrons. The molecule has 4 aliphatic rings. The molecule has 0 saturated heterocycles. The summed E-state index contributed by atoms with van der Waals surface area (Å²) < 4.78 is 0. The molecule has 6 rings (SSSR count). The van der Waals surface area contributed by atoms with Gasteiger partial charge in [0, 0.05) is 48.5 Å². The molecule has 0 amide bonds. The summed E-state index contributed by atoms with van der Waals surface area (Å²) in [5.41, 5.74) is 16.6. The van der Waals surface area contributed by atoms with E-state index in [1.165, 1.54) is 67.3 Å². The van der Waals surface area contributed by atoms with Gasteiger partial charge in [-0.1, -0.05) is 64.1 Å². The summed E-state index contributed by atoms with van der Waals surface area (Å²) in [6.07, 6.45) is 4.05. The summed E-state index contributed by atoms with van der Waals surface area (Å²) in [5.74, 6) is 1.09. The zero-order valence-corrected chi connectivity index (χ0v) is 18.3. The highest BCUT2D eigenvalue weighted by Crippen LogP contribution is 2.44. The zero-order valence-electron chi connectivity index (χ0n) is 18.3. The molecule has 0 atom stereocenters.